The van der Waals surface area contributed by atoms with E-state index < -0.39 is 10.8 Å². The smallest absolute Gasteiger partial charge is 0.270 e. The molecule has 0 atom stereocenters. The minimum atomic E-state index is -0.491. The van der Waals surface area contributed by atoms with Crippen molar-refractivity contribution in [1.29, 1.82) is 0 Å². The Hall–Kier alpha value is -3.33. The number of hydrogen-bond acceptors (Lipinski definition) is 7. The number of anilines is 2. The molecule has 2 aromatic carbocycles. The van der Waals surface area contributed by atoms with E-state index in [9.17, 15) is 14.9 Å². The standard InChI is InChI=1S/C20H19N5O3S/c26-18(21-20-23-22-19(29-20)14-7-3-1-4-8-14)16-13-15(25(27)28)9-10-17(16)24-11-5-2-6-12-24/h1,3-4,7-10,13H,2,5-6,11-12H2,(H,21,23,26). The Morgan fingerprint density at radius 1 is 1.07 bits per heavy atom. The summed E-state index contributed by atoms with van der Waals surface area (Å²) in [5.74, 6) is -0.426. The molecule has 1 aliphatic heterocycles. The highest BCUT2D eigenvalue weighted by Gasteiger charge is 2.23. The van der Waals surface area contributed by atoms with Gasteiger partial charge in [0.2, 0.25) is 5.13 Å². The second-order valence-electron chi connectivity index (χ2n) is 6.74. The Kier molecular flexibility index (Phi) is 5.48. The van der Waals surface area contributed by atoms with Gasteiger partial charge in [0.15, 0.2) is 0 Å². The van der Waals surface area contributed by atoms with E-state index in [2.05, 4.69) is 20.4 Å². The summed E-state index contributed by atoms with van der Waals surface area (Å²) in [7, 11) is 0. The Bertz CT molecular complexity index is 1030. The van der Waals surface area contributed by atoms with Crippen molar-refractivity contribution < 1.29 is 9.72 Å². The third-order valence-electron chi connectivity index (χ3n) is 4.80. The fourth-order valence-corrected chi connectivity index (χ4v) is 4.11. The van der Waals surface area contributed by atoms with E-state index in [4.69, 9.17) is 0 Å². The van der Waals surface area contributed by atoms with E-state index in [1.165, 1.54) is 23.5 Å². The SMILES string of the molecule is O=C(Nc1nnc(-c2ccccc2)s1)c1cc([N+](=O)[O-])ccc1N1CCCCC1. The average Bonchev–Trinajstić information content (AvgIpc) is 3.23. The van der Waals surface area contributed by atoms with Crippen LogP contribution in [0.1, 0.15) is 29.6 Å². The second kappa shape index (κ2) is 8.36. The fourth-order valence-electron chi connectivity index (χ4n) is 3.37. The summed E-state index contributed by atoms with van der Waals surface area (Å²) in [6.07, 6.45) is 3.22. The van der Waals surface area contributed by atoms with Gasteiger partial charge in [-0.15, -0.1) is 10.2 Å². The predicted octanol–water partition coefficient (Wildman–Crippen LogP) is 4.36. The number of rotatable bonds is 5. The van der Waals surface area contributed by atoms with Crippen LogP contribution in [0.15, 0.2) is 48.5 Å². The highest BCUT2D eigenvalue weighted by atomic mass is 32.1. The van der Waals surface area contributed by atoms with E-state index in [0.717, 1.165) is 37.9 Å². The van der Waals surface area contributed by atoms with Crippen LogP contribution in [0.2, 0.25) is 0 Å². The summed E-state index contributed by atoms with van der Waals surface area (Å²) in [4.78, 5) is 25.8. The minimum Gasteiger partial charge on any atom is -0.371 e. The molecule has 8 nitrogen and oxygen atoms in total. The van der Waals surface area contributed by atoms with Crippen molar-refractivity contribution in [1.82, 2.24) is 10.2 Å². The molecular formula is C20H19N5O3S. The molecule has 0 aliphatic carbocycles. The number of benzene rings is 2. The Labute approximate surface area is 171 Å². The maximum Gasteiger partial charge on any atom is 0.270 e. The number of non-ortho nitro benzene ring substituents is 1. The van der Waals surface area contributed by atoms with Crippen LogP contribution in [0.25, 0.3) is 10.6 Å². The molecule has 4 rings (SSSR count). The molecule has 1 saturated heterocycles. The zero-order valence-corrected chi connectivity index (χ0v) is 16.4. The summed E-state index contributed by atoms with van der Waals surface area (Å²) < 4.78 is 0. The maximum atomic E-state index is 13.0. The number of amides is 1. The van der Waals surface area contributed by atoms with Gasteiger partial charge in [-0.1, -0.05) is 41.7 Å². The van der Waals surface area contributed by atoms with Gasteiger partial charge in [-0.25, -0.2) is 0 Å². The molecule has 0 bridgehead atoms. The predicted molar refractivity (Wildman–Crippen MR) is 112 cm³/mol. The van der Waals surface area contributed by atoms with Crippen molar-refractivity contribution in [2.45, 2.75) is 19.3 Å². The van der Waals surface area contributed by atoms with E-state index in [-0.39, 0.29) is 11.3 Å². The summed E-state index contributed by atoms with van der Waals surface area (Å²) >= 11 is 1.26. The van der Waals surface area contributed by atoms with Crippen LogP contribution in [-0.4, -0.2) is 34.1 Å². The largest absolute Gasteiger partial charge is 0.371 e. The van der Waals surface area contributed by atoms with E-state index in [0.29, 0.717) is 15.8 Å². The van der Waals surface area contributed by atoms with E-state index >= 15 is 0 Å². The lowest BCUT2D eigenvalue weighted by Crippen LogP contribution is -2.31. The fraction of sp³-hybridized carbons (Fsp3) is 0.250. The minimum absolute atomic E-state index is 0.113. The van der Waals surface area contributed by atoms with Gasteiger partial charge in [0.05, 0.1) is 16.2 Å². The number of carbonyl (C=O) groups excluding carboxylic acids is 1. The lowest BCUT2D eigenvalue weighted by Gasteiger charge is -2.30. The molecule has 1 aromatic heterocycles. The molecule has 1 aliphatic rings. The zero-order chi connectivity index (χ0) is 20.2. The third-order valence-corrected chi connectivity index (χ3v) is 5.69. The summed E-state index contributed by atoms with van der Waals surface area (Å²) in [6, 6.07) is 14.0. The summed E-state index contributed by atoms with van der Waals surface area (Å²) in [5, 5.41) is 23.2. The lowest BCUT2D eigenvalue weighted by molar-refractivity contribution is -0.384. The van der Waals surface area contributed by atoms with Gasteiger partial charge >= 0.3 is 0 Å². The number of nitrogens with one attached hydrogen (secondary N) is 1. The topological polar surface area (TPSA) is 101 Å². The second-order valence-corrected chi connectivity index (χ2v) is 7.72. The molecule has 148 valence electrons. The van der Waals surface area contributed by atoms with E-state index in [1.807, 2.05) is 30.3 Å². The van der Waals surface area contributed by atoms with E-state index in [1.54, 1.807) is 6.07 Å². The van der Waals surface area contributed by atoms with Gasteiger partial charge in [-0.3, -0.25) is 20.2 Å². The number of nitrogens with zero attached hydrogens (tertiary/aromatic N) is 4. The van der Waals surface area contributed by atoms with Crippen LogP contribution in [0.3, 0.4) is 0 Å². The van der Waals surface area contributed by atoms with Crippen LogP contribution < -0.4 is 10.2 Å². The van der Waals surface area contributed by atoms with Crippen LogP contribution in [0, 0.1) is 10.1 Å². The van der Waals surface area contributed by atoms with Crippen molar-refractivity contribution in [3.05, 3.63) is 64.2 Å². The summed E-state index contributed by atoms with van der Waals surface area (Å²) in [6.45, 7) is 1.66. The maximum absolute atomic E-state index is 13.0. The first-order chi connectivity index (χ1) is 14.1. The molecule has 2 heterocycles. The lowest BCUT2D eigenvalue weighted by atomic mass is 10.1. The number of carbonyl (C=O) groups is 1. The van der Waals surface area contributed by atoms with Crippen molar-refractivity contribution in [2.75, 3.05) is 23.3 Å². The third kappa shape index (κ3) is 4.24. The quantitative estimate of drug-likeness (QED) is 0.496. The van der Waals surface area contributed by atoms with Crippen LogP contribution >= 0.6 is 11.3 Å². The van der Waals surface area contributed by atoms with Gasteiger partial charge in [0.1, 0.15) is 5.01 Å². The van der Waals surface area contributed by atoms with Gasteiger partial charge in [0, 0.05) is 30.8 Å². The molecule has 0 radical (unpaired) electrons. The number of hydrogen-bond donors (Lipinski definition) is 1. The molecule has 9 heteroatoms. The molecule has 3 aromatic rings. The number of piperidine rings is 1. The van der Waals surface area contributed by atoms with Crippen molar-refractivity contribution in [3.8, 4) is 10.6 Å². The first kappa shape index (κ1) is 19.0. The highest BCUT2D eigenvalue weighted by Crippen LogP contribution is 2.30. The Morgan fingerprint density at radius 2 is 1.83 bits per heavy atom. The van der Waals surface area contributed by atoms with Crippen LogP contribution in [-0.2, 0) is 0 Å². The van der Waals surface area contributed by atoms with Gasteiger partial charge in [0.25, 0.3) is 11.6 Å². The molecule has 29 heavy (non-hydrogen) atoms. The average molecular weight is 409 g/mol. The molecule has 1 N–H and O–H groups in total. The number of aromatic nitrogens is 2. The first-order valence-corrected chi connectivity index (χ1v) is 10.2. The number of nitro groups is 1. The Morgan fingerprint density at radius 3 is 2.55 bits per heavy atom. The van der Waals surface area contributed by atoms with Gasteiger partial charge < -0.3 is 4.90 Å². The molecule has 1 amide bonds. The van der Waals surface area contributed by atoms with Crippen LogP contribution in [0.5, 0.6) is 0 Å². The van der Waals surface area contributed by atoms with Gasteiger partial charge in [-0.05, 0) is 25.3 Å². The molecule has 1 fully saturated rings. The number of nitro benzene ring substituents is 1. The first-order valence-electron chi connectivity index (χ1n) is 9.35. The Balaban J connectivity index is 1.61. The van der Waals surface area contributed by atoms with Crippen LogP contribution in [0.4, 0.5) is 16.5 Å². The van der Waals surface area contributed by atoms with Crippen molar-refractivity contribution in [3.63, 3.8) is 0 Å². The van der Waals surface area contributed by atoms with Gasteiger partial charge in [-0.2, -0.15) is 0 Å². The monoisotopic (exact) mass is 409 g/mol. The molecule has 0 saturated carbocycles. The zero-order valence-electron chi connectivity index (χ0n) is 15.6. The molecular weight excluding hydrogens is 390 g/mol. The molecule has 0 spiro atoms. The normalized spacial score (nSPS) is 13.9. The highest BCUT2D eigenvalue weighted by molar-refractivity contribution is 7.18. The van der Waals surface area contributed by atoms with Crippen molar-refractivity contribution >= 4 is 33.8 Å². The molecule has 0 unspecified atom stereocenters. The van der Waals surface area contributed by atoms with Crippen molar-refractivity contribution in [2.24, 2.45) is 0 Å². The summed E-state index contributed by atoms with van der Waals surface area (Å²) in [5.41, 5.74) is 1.78.